The molecule has 0 saturated carbocycles. The van der Waals surface area contributed by atoms with Gasteiger partial charge < -0.3 is 4.90 Å². The zero-order valence-electron chi connectivity index (χ0n) is 13.9. The van der Waals surface area contributed by atoms with Gasteiger partial charge in [-0.15, -0.1) is 0 Å². The van der Waals surface area contributed by atoms with E-state index in [9.17, 15) is 13.2 Å². The van der Waals surface area contributed by atoms with Gasteiger partial charge in [0.2, 0.25) is 0 Å². The molecule has 0 radical (unpaired) electrons. The number of nitrogens with zero attached hydrogens (tertiary/aromatic N) is 3. The molecule has 7 heteroatoms. The van der Waals surface area contributed by atoms with Gasteiger partial charge in [-0.2, -0.15) is 13.2 Å². The number of benzene rings is 2. The summed E-state index contributed by atoms with van der Waals surface area (Å²) in [6.07, 6.45) is -2.47. The molecule has 0 bridgehead atoms. The predicted octanol–water partition coefficient (Wildman–Crippen LogP) is 4.86. The number of hydrogen-bond donors (Lipinski definition) is 0. The van der Waals surface area contributed by atoms with Crippen LogP contribution in [-0.4, -0.2) is 31.6 Å². The van der Waals surface area contributed by atoms with Crippen molar-refractivity contribution in [3.63, 3.8) is 0 Å². The van der Waals surface area contributed by atoms with Crippen molar-refractivity contribution >= 4 is 23.8 Å². The summed E-state index contributed by atoms with van der Waals surface area (Å²) in [4.78, 5) is 10.2. The van der Waals surface area contributed by atoms with Crippen LogP contribution in [0.5, 0.6) is 0 Å². The molecule has 3 nitrogen and oxygen atoms in total. The third kappa shape index (κ3) is 4.35. The molecular formula is C18H18F3N3S. The molecule has 132 valence electrons. The van der Waals surface area contributed by atoms with E-state index in [1.54, 1.807) is 0 Å². The highest BCUT2D eigenvalue weighted by Gasteiger charge is 2.29. The molecule has 0 N–H and O–H groups in total. The van der Waals surface area contributed by atoms with Gasteiger partial charge in [-0.05, 0) is 62.0 Å². The third-order valence-electron chi connectivity index (χ3n) is 3.84. The summed E-state index contributed by atoms with van der Waals surface area (Å²) in [6, 6.07) is 11.3. The molecule has 0 unspecified atom stereocenters. The van der Waals surface area contributed by atoms with Crippen molar-refractivity contribution in [3.05, 3.63) is 53.6 Å². The van der Waals surface area contributed by atoms with Crippen LogP contribution < -0.4 is 4.90 Å². The minimum absolute atomic E-state index is 0.627. The van der Waals surface area contributed by atoms with Gasteiger partial charge in [0.1, 0.15) is 0 Å². The SMILES string of the molecule is Cc1cc(N2C=NCN(C)C2)ccc1Sc1ccc(C(F)(F)F)cc1. The summed E-state index contributed by atoms with van der Waals surface area (Å²) >= 11 is 1.46. The van der Waals surface area contributed by atoms with Crippen LogP contribution in [0.15, 0.2) is 57.2 Å². The van der Waals surface area contributed by atoms with Crippen molar-refractivity contribution in [2.24, 2.45) is 4.99 Å². The first kappa shape index (κ1) is 17.8. The average molecular weight is 365 g/mol. The van der Waals surface area contributed by atoms with Crippen molar-refractivity contribution < 1.29 is 13.2 Å². The molecule has 1 aliphatic heterocycles. The van der Waals surface area contributed by atoms with E-state index in [2.05, 4.69) is 20.9 Å². The van der Waals surface area contributed by atoms with Crippen LogP contribution >= 0.6 is 11.8 Å². The molecule has 0 amide bonds. The van der Waals surface area contributed by atoms with E-state index in [1.165, 1.54) is 23.9 Å². The largest absolute Gasteiger partial charge is 0.416 e. The molecule has 0 spiro atoms. The Morgan fingerprint density at radius 3 is 2.40 bits per heavy atom. The van der Waals surface area contributed by atoms with Crippen molar-refractivity contribution in [3.8, 4) is 0 Å². The number of anilines is 1. The Labute approximate surface area is 149 Å². The highest BCUT2D eigenvalue weighted by molar-refractivity contribution is 7.99. The second kappa shape index (κ2) is 7.09. The summed E-state index contributed by atoms with van der Waals surface area (Å²) in [7, 11) is 2.01. The number of aryl methyl sites for hydroxylation is 1. The Hall–Kier alpha value is -1.99. The van der Waals surface area contributed by atoms with E-state index >= 15 is 0 Å². The third-order valence-corrected chi connectivity index (χ3v) is 5.02. The topological polar surface area (TPSA) is 18.8 Å². The van der Waals surface area contributed by atoms with Crippen molar-refractivity contribution in [1.29, 1.82) is 0 Å². The minimum atomic E-state index is -4.30. The lowest BCUT2D eigenvalue weighted by atomic mass is 10.2. The van der Waals surface area contributed by atoms with Gasteiger partial charge in [0.15, 0.2) is 0 Å². The van der Waals surface area contributed by atoms with Gasteiger partial charge in [-0.3, -0.25) is 9.89 Å². The van der Waals surface area contributed by atoms with Crippen molar-refractivity contribution in [2.75, 3.05) is 25.3 Å². The molecule has 0 atom stereocenters. The summed E-state index contributed by atoms with van der Waals surface area (Å²) in [5, 5.41) is 0. The van der Waals surface area contributed by atoms with Gasteiger partial charge in [0.05, 0.1) is 25.2 Å². The van der Waals surface area contributed by atoms with Crippen LogP contribution in [0.1, 0.15) is 11.1 Å². The van der Waals surface area contributed by atoms with Crippen LogP contribution in [-0.2, 0) is 6.18 Å². The molecule has 1 heterocycles. The zero-order valence-corrected chi connectivity index (χ0v) is 14.7. The molecule has 2 aromatic carbocycles. The van der Waals surface area contributed by atoms with E-state index in [-0.39, 0.29) is 0 Å². The van der Waals surface area contributed by atoms with Crippen LogP contribution in [0.4, 0.5) is 18.9 Å². The van der Waals surface area contributed by atoms with E-state index in [4.69, 9.17) is 0 Å². The fourth-order valence-electron chi connectivity index (χ4n) is 2.53. The maximum atomic E-state index is 12.6. The highest BCUT2D eigenvalue weighted by Crippen LogP contribution is 2.35. The minimum Gasteiger partial charge on any atom is -0.319 e. The molecule has 2 aromatic rings. The Balaban J connectivity index is 1.75. The van der Waals surface area contributed by atoms with E-state index < -0.39 is 11.7 Å². The van der Waals surface area contributed by atoms with E-state index in [0.717, 1.165) is 39.8 Å². The number of alkyl halides is 3. The molecule has 1 aliphatic rings. The monoisotopic (exact) mass is 365 g/mol. The van der Waals surface area contributed by atoms with Crippen molar-refractivity contribution in [1.82, 2.24) is 4.90 Å². The van der Waals surface area contributed by atoms with Gasteiger partial charge >= 0.3 is 6.18 Å². The number of rotatable bonds is 3. The maximum absolute atomic E-state index is 12.6. The normalized spacial score (nSPS) is 15.6. The van der Waals surface area contributed by atoms with E-state index in [0.29, 0.717) is 6.67 Å². The summed E-state index contributed by atoms with van der Waals surface area (Å²) in [6.45, 7) is 3.46. The summed E-state index contributed by atoms with van der Waals surface area (Å²) < 4.78 is 37.9. The van der Waals surface area contributed by atoms with Gasteiger partial charge in [0.25, 0.3) is 0 Å². The second-order valence-corrected chi connectivity index (χ2v) is 7.10. The quantitative estimate of drug-likeness (QED) is 0.774. The Morgan fingerprint density at radius 1 is 1.08 bits per heavy atom. The smallest absolute Gasteiger partial charge is 0.319 e. The van der Waals surface area contributed by atoms with Gasteiger partial charge in [-0.1, -0.05) is 11.8 Å². The number of hydrogen-bond acceptors (Lipinski definition) is 4. The van der Waals surface area contributed by atoms with Gasteiger partial charge in [0, 0.05) is 15.5 Å². The molecule has 0 saturated heterocycles. The predicted molar refractivity (Wildman–Crippen MR) is 95.2 cm³/mol. The zero-order chi connectivity index (χ0) is 18.0. The molecule has 25 heavy (non-hydrogen) atoms. The molecule has 0 aromatic heterocycles. The lowest BCUT2D eigenvalue weighted by Crippen LogP contribution is -2.39. The number of halogens is 3. The second-order valence-electron chi connectivity index (χ2n) is 5.98. The lowest BCUT2D eigenvalue weighted by Gasteiger charge is -2.29. The molecule has 0 aliphatic carbocycles. The summed E-state index contributed by atoms with van der Waals surface area (Å²) in [5.74, 6) is 0. The summed E-state index contributed by atoms with van der Waals surface area (Å²) in [5.41, 5.74) is 1.49. The molecule has 3 rings (SSSR count). The Kier molecular flexibility index (Phi) is 5.06. The van der Waals surface area contributed by atoms with E-state index in [1.807, 2.05) is 32.4 Å². The first-order valence-corrected chi connectivity index (χ1v) is 8.55. The van der Waals surface area contributed by atoms with Crippen LogP contribution in [0.2, 0.25) is 0 Å². The fourth-order valence-corrected chi connectivity index (χ4v) is 3.41. The molecular weight excluding hydrogens is 347 g/mol. The lowest BCUT2D eigenvalue weighted by molar-refractivity contribution is -0.137. The van der Waals surface area contributed by atoms with Crippen LogP contribution in [0.25, 0.3) is 0 Å². The Morgan fingerprint density at radius 2 is 1.80 bits per heavy atom. The Bertz CT molecular complexity index is 772. The van der Waals surface area contributed by atoms with Crippen molar-refractivity contribution in [2.45, 2.75) is 22.9 Å². The van der Waals surface area contributed by atoms with Gasteiger partial charge in [-0.25, -0.2) is 0 Å². The maximum Gasteiger partial charge on any atom is 0.416 e. The van der Waals surface area contributed by atoms with Crippen LogP contribution in [0, 0.1) is 6.92 Å². The average Bonchev–Trinajstić information content (AvgIpc) is 2.56. The highest BCUT2D eigenvalue weighted by atomic mass is 32.2. The fraction of sp³-hybridized carbons (Fsp3) is 0.278. The first-order chi connectivity index (χ1) is 11.8. The van der Waals surface area contributed by atoms with Crippen LogP contribution in [0.3, 0.4) is 0 Å². The number of aliphatic imine (C=N–C) groups is 1. The first-order valence-electron chi connectivity index (χ1n) is 7.74. The standard InChI is InChI=1S/C18H18F3N3S/c1-13-9-15(24-11-22-10-23(2)12-24)5-8-17(13)25-16-6-3-14(4-7-16)18(19,20)21/h3-9,11H,10,12H2,1-2H3. The molecule has 0 fully saturated rings.